The lowest BCUT2D eigenvalue weighted by Crippen LogP contribution is -2.48. The monoisotopic (exact) mass is 412 g/mol. The molecule has 0 unspecified atom stereocenters. The van der Waals surface area contributed by atoms with Gasteiger partial charge in [-0.25, -0.2) is 8.42 Å². The van der Waals surface area contributed by atoms with E-state index < -0.39 is 10.0 Å². The molecular weight excluding hydrogens is 388 g/mol. The molecule has 3 aromatic rings. The first-order valence-corrected chi connectivity index (χ1v) is 11.1. The molecule has 2 heterocycles. The molecule has 0 amide bonds. The summed E-state index contributed by atoms with van der Waals surface area (Å²) in [6, 6.07) is 14.5. The molecule has 0 saturated carbocycles. The van der Waals surface area contributed by atoms with Gasteiger partial charge in [-0.3, -0.25) is 0 Å². The van der Waals surface area contributed by atoms with Gasteiger partial charge in [0.05, 0.1) is 4.90 Å². The third kappa shape index (κ3) is 4.10. The Bertz CT molecular complexity index is 1090. The third-order valence-corrected chi connectivity index (χ3v) is 7.13. The third-order valence-electron chi connectivity index (χ3n) is 5.23. The standard InChI is InChI=1S/C21H24N4O3S/c1-3-24-11-13-25(14-12-24)29(26,27)19-6-4-5-18(15-19)21-22-20(23-28-21)17-9-7-16(2)8-10-17/h4-10,15H,3,11-14H2,1-2H3. The van der Waals surface area contributed by atoms with E-state index in [0.717, 1.165) is 30.8 Å². The lowest BCUT2D eigenvalue weighted by molar-refractivity contribution is 0.196. The maximum atomic E-state index is 13.1. The number of aromatic nitrogens is 2. The van der Waals surface area contributed by atoms with E-state index in [1.54, 1.807) is 28.6 Å². The van der Waals surface area contributed by atoms with E-state index in [9.17, 15) is 8.42 Å². The molecule has 0 aliphatic carbocycles. The molecule has 1 fully saturated rings. The van der Waals surface area contributed by atoms with Crippen LogP contribution >= 0.6 is 0 Å². The smallest absolute Gasteiger partial charge is 0.258 e. The fourth-order valence-corrected chi connectivity index (χ4v) is 4.85. The predicted molar refractivity (Wildman–Crippen MR) is 111 cm³/mol. The first-order valence-electron chi connectivity index (χ1n) is 9.71. The van der Waals surface area contributed by atoms with Crippen molar-refractivity contribution in [2.75, 3.05) is 32.7 Å². The Labute approximate surface area is 171 Å². The van der Waals surface area contributed by atoms with Gasteiger partial charge in [0, 0.05) is 37.3 Å². The zero-order chi connectivity index (χ0) is 20.4. The van der Waals surface area contributed by atoms with Crippen LogP contribution in [0.5, 0.6) is 0 Å². The summed E-state index contributed by atoms with van der Waals surface area (Å²) in [4.78, 5) is 6.93. The molecule has 29 heavy (non-hydrogen) atoms. The number of hydrogen-bond donors (Lipinski definition) is 0. The first-order chi connectivity index (χ1) is 14.0. The molecule has 0 N–H and O–H groups in total. The number of likely N-dealkylation sites (N-methyl/N-ethyl adjacent to an activating group) is 1. The molecule has 4 rings (SSSR count). The summed E-state index contributed by atoms with van der Waals surface area (Å²) in [5.74, 6) is 0.775. The van der Waals surface area contributed by atoms with Crippen LogP contribution in [0.2, 0.25) is 0 Å². The fraction of sp³-hybridized carbons (Fsp3) is 0.333. The minimum Gasteiger partial charge on any atom is -0.334 e. The average Bonchev–Trinajstić information content (AvgIpc) is 3.25. The van der Waals surface area contributed by atoms with Crippen molar-refractivity contribution >= 4 is 10.0 Å². The second-order valence-electron chi connectivity index (χ2n) is 7.16. The van der Waals surface area contributed by atoms with Gasteiger partial charge in [-0.15, -0.1) is 0 Å². The highest BCUT2D eigenvalue weighted by molar-refractivity contribution is 7.89. The fourth-order valence-electron chi connectivity index (χ4n) is 3.39. The maximum absolute atomic E-state index is 13.1. The maximum Gasteiger partial charge on any atom is 0.258 e. The summed E-state index contributed by atoms with van der Waals surface area (Å²) in [5, 5.41) is 4.04. The van der Waals surface area contributed by atoms with Crippen molar-refractivity contribution in [2.45, 2.75) is 18.7 Å². The molecule has 2 aromatic carbocycles. The van der Waals surface area contributed by atoms with Crippen molar-refractivity contribution in [1.29, 1.82) is 0 Å². The van der Waals surface area contributed by atoms with Gasteiger partial charge >= 0.3 is 0 Å². The molecule has 1 aromatic heterocycles. The Balaban J connectivity index is 1.58. The zero-order valence-corrected chi connectivity index (χ0v) is 17.4. The van der Waals surface area contributed by atoms with Crippen LogP contribution in [0.15, 0.2) is 57.9 Å². The lowest BCUT2D eigenvalue weighted by atomic mass is 10.1. The molecule has 1 aliphatic heterocycles. The largest absolute Gasteiger partial charge is 0.334 e. The minimum atomic E-state index is -3.56. The van der Waals surface area contributed by atoms with Crippen LogP contribution in [0.4, 0.5) is 0 Å². The van der Waals surface area contributed by atoms with Crippen LogP contribution in [-0.4, -0.2) is 60.5 Å². The lowest BCUT2D eigenvalue weighted by Gasteiger charge is -2.33. The molecule has 1 saturated heterocycles. The van der Waals surface area contributed by atoms with Crippen LogP contribution in [0.1, 0.15) is 12.5 Å². The van der Waals surface area contributed by atoms with Crippen molar-refractivity contribution in [1.82, 2.24) is 19.3 Å². The quantitative estimate of drug-likeness (QED) is 0.641. The van der Waals surface area contributed by atoms with Gasteiger partial charge in [0.15, 0.2) is 0 Å². The average molecular weight is 413 g/mol. The Morgan fingerprint density at radius 1 is 1.00 bits per heavy atom. The number of benzene rings is 2. The van der Waals surface area contributed by atoms with Crippen molar-refractivity contribution in [3.05, 3.63) is 54.1 Å². The van der Waals surface area contributed by atoms with E-state index in [1.165, 1.54) is 0 Å². The van der Waals surface area contributed by atoms with E-state index >= 15 is 0 Å². The Morgan fingerprint density at radius 2 is 1.72 bits per heavy atom. The molecule has 152 valence electrons. The van der Waals surface area contributed by atoms with Crippen LogP contribution in [-0.2, 0) is 10.0 Å². The molecule has 0 radical (unpaired) electrons. The topological polar surface area (TPSA) is 79.5 Å². The second-order valence-corrected chi connectivity index (χ2v) is 9.09. The van der Waals surface area contributed by atoms with Gasteiger partial charge in [-0.2, -0.15) is 9.29 Å². The molecule has 7 nitrogen and oxygen atoms in total. The summed E-state index contributed by atoms with van der Waals surface area (Å²) >= 11 is 0. The number of hydrogen-bond acceptors (Lipinski definition) is 6. The summed E-state index contributed by atoms with van der Waals surface area (Å²) in [7, 11) is -3.56. The predicted octanol–water partition coefficient (Wildman–Crippen LogP) is 3.04. The first kappa shape index (κ1) is 19.8. The summed E-state index contributed by atoms with van der Waals surface area (Å²) in [5.41, 5.74) is 2.59. The van der Waals surface area contributed by atoms with Gasteiger partial charge in [0.1, 0.15) is 0 Å². The Morgan fingerprint density at radius 3 is 2.41 bits per heavy atom. The van der Waals surface area contributed by atoms with E-state index in [-0.39, 0.29) is 4.90 Å². The number of rotatable bonds is 5. The van der Waals surface area contributed by atoms with Gasteiger partial charge in [0.25, 0.3) is 5.89 Å². The number of sulfonamides is 1. The second kappa shape index (κ2) is 8.06. The van der Waals surface area contributed by atoms with Crippen molar-refractivity contribution in [3.8, 4) is 22.8 Å². The molecule has 0 bridgehead atoms. The molecular formula is C21H24N4O3S. The van der Waals surface area contributed by atoms with E-state index in [2.05, 4.69) is 22.0 Å². The number of nitrogens with zero attached hydrogens (tertiary/aromatic N) is 4. The van der Waals surface area contributed by atoms with Crippen LogP contribution in [0.3, 0.4) is 0 Å². The number of piperazine rings is 1. The van der Waals surface area contributed by atoms with Gasteiger partial charge in [-0.1, -0.05) is 48.0 Å². The van der Waals surface area contributed by atoms with Crippen molar-refractivity contribution in [3.63, 3.8) is 0 Å². The summed E-state index contributed by atoms with van der Waals surface area (Å²) in [6.45, 7) is 7.53. The Kier molecular flexibility index (Phi) is 5.49. The molecule has 0 spiro atoms. The normalized spacial score (nSPS) is 16.2. The minimum absolute atomic E-state index is 0.245. The zero-order valence-electron chi connectivity index (χ0n) is 16.6. The van der Waals surface area contributed by atoms with E-state index in [4.69, 9.17) is 4.52 Å². The SMILES string of the molecule is CCN1CCN(S(=O)(=O)c2cccc(-c3nc(-c4ccc(C)cc4)no3)c2)CC1. The van der Waals surface area contributed by atoms with E-state index in [1.807, 2.05) is 31.2 Å². The van der Waals surface area contributed by atoms with Crippen LogP contribution < -0.4 is 0 Å². The highest BCUT2D eigenvalue weighted by Crippen LogP contribution is 2.26. The van der Waals surface area contributed by atoms with E-state index in [0.29, 0.717) is 30.4 Å². The van der Waals surface area contributed by atoms with Crippen molar-refractivity contribution < 1.29 is 12.9 Å². The molecule has 0 atom stereocenters. The van der Waals surface area contributed by atoms with Gasteiger partial charge in [-0.05, 0) is 31.7 Å². The van der Waals surface area contributed by atoms with Gasteiger partial charge < -0.3 is 9.42 Å². The van der Waals surface area contributed by atoms with Crippen molar-refractivity contribution in [2.24, 2.45) is 0 Å². The molecule has 1 aliphatic rings. The summed E-state index contributed by atoms with van der Waals surface area (Å²) in [6.07, 6.45) is 0. The Hall–Kier alpha value is -2.55. The highest BCUT2D eigenvalue weighted by atomic mass is 32.2. The van der Waals surface area contributed by atoms with Gasteiger partial charge in [0.2, 0.25) is 15.8 Å². The van der Waals surface area contributed by atoms with Crippen LogP contribution in [0.25, 0.3) is 22.8 Å². The highest BCUT2D eigenvalue weighted by Gasteiger charge is 2.28. The van der Waals surface area contributed by atoms with Crippen LogP contribution in [0, 0.1) is 6.92 Å². The molecule has 8 heteroatoms. The summed E-state index contributed by atoms with van der Waals surface area (Å²) < 4.78 is 33.1. The number of aryl methyl sites for hydroxylation is 1.